The monoisotopic (exact) mass is 242 g/mol. The van der Waals surface area contributed by atoms with Crippen molar-refractivity contribution in [3.63, 3.8) is 0 Å². The van der Waals surface area contributed by atoms with Crippen LogP contribution in [0.15, 0.2) is 30.3 Å². The van der Waals surface area contributed by atoms with E-state index in [2.05, 4.69) is 6.07 Å². The van der Waals surface area contributed by atoms with E-state index in [1.54, 1.807) is 29.2 Å². The van der Waals surface area contributed by atoms with Gasteiger partial charge < -0.3 is 10.0 Å². The molecule has 1 fully saturated rings. The molecular weight excluding hydrogens is 228 g/mol. The van der Waals surface area contributed by atoms with Crippen LogP contribution in [0.1, 0.15) is 17.5 Å². The summed E-state index contributed by atoms with van der Waals surface area (Å²) in [6, 6.07) is 9.11. The number of hydrogen-bond acceptors (Lipinski definition) is 3. The normalized spacial score (nSPS) is 19.1. The zero-order chi connectivity index (χ0) is 13.0. The lowest BCUT2D eigenvalue weighted by atomic mass is 10.1. The molecule has 0 aromatic heterocycles. The average Bonchev–Trinajstić information content (AvgIpc) is 2.83. The van der Waals surface area contributed by atoms with Crippen LogP contribution < -0.4 is 0 Å². The molecule has 4 nitrogen and oxygen atoms in total. The summed E-state index contributed by atoms with van der Waals surface area (Å²) < 4.78 is 0. The second-order valence-corrected chi connectivity index (χ2v) is 4.30. The lowest BCUT2D eigenvalue weighted by Crippen LogP contribution is -2.27. The van der Waals surface area contributed by atoms with Gasteiger partial charge in [0.15, 0.2) is 0 Å². The van der Waals surface area contributed by atoms with Gasteiger partial charge in [-0.05, 0) is 30.2 Å². The summed E-state index contributed by atoms with van der Waals surface area (Å²) in [6.07, 6.45) is 3.41. The van der Waals surface area contributed by atoms with Crippen molar-refractivity contribution < 1.29 is 9.90 Å². The molecule has 1 aliphatic heterocycles. The highest BCUT2D eigenvalue weighted by Gasteiger charge is 2.22. The number of nitriles is 1. The highest BCUT2D eigenvalue weighted by atomic mass is 16.3. The van der Waals surface area contributed by atoms with E-state index in [0.29, 0.717) is 25.1 Å². The van der Waals surface area contributed by atoms with Gasteiger partial charge in [-0.3, -0.25) is 4.79 Å². The molecule has 0 spiro atoms. The molecule has 18 heavy (non-hydrogen) atoms. The number of β-amino-alcohol motifs (C(OH)–C–C–N with tert-alkyl or cyclic N) is 1. The van der Waals surface area contributed by atoms with Crippen LogP contribution in [0.2, 0.25) is 0 Å². The molecule has 92 valence electrons. The number of carbonyl (C=O) groups is 1. The van der Waals surface area contributed by atoms with Gasteiger partial charge in [0.05, 0.1) is 17.7 Å². The number of amides is 1. The highest BCUT2D eigenvalue weighted by molar-refractivity contribution is 5.92. The molecule has 1 aromatic rings. The lowest BCUT2D eigenvalue weighted by Gasteiger charge is -2.12. The molecule has 0 bridgehead atoms. The molecule has 0 saturated carbocycles. The Morgan fingerprint density at radius 1 is 1.56 bits per heavy atom. The Hall–Kier alpha value is -2.12. The van der Waals surface area contributed by atoms with Crippen LogP contribution in [-0.4, -0.2) is 35.1 Å². The van der Waals surface area contributed by atoms with E-state index in [0.717, 1.165) is 5.56 Å². The molecule has 1 amide bonds. The van der Waals surface area contributed by atoms with E-state index in [1.807, 2.05) is 6.07 Å². The Bertz CT molecular complexity index is 517. The average molecular weight is 242 g/mol. The van der Waals surface area contributed by atoms with Crippen molar-refractivity contribution in [3.8, 4) is 6.07 Å². The maximum Gasteiger partial charge on any atom is 0.246 e. The third kappa shape index (κ3) is 2.96. The Kier molecular flexibility index (Phi) is 3.75. The van der Waals surface area contributed by atoms with Crippen LogP contribution in [0.4, 0.5) is 0 Å². The molecule has 2 rings (SSSR count). The van der Waals surface area contributed by atoms with Crippen molar-refractivity contribution in [1.82, 2.24) is 4.90 Å². The standard InChI is InChI=1S/C14H14N2O2/c15-9-12-3-1-2-11(8-12)4-5-14(18)16-7-6-13(17)10-16/h1-5,8,13,17H,6-7,10H2/b5-4+/t13-/m0/s1. The van der Waals surface area contributed by atoms with Crippen LogP contribution in [0.25, 0.3) is 6.08 Å². The fourth-order valence-electron chi connectivity index (χ4n) is 1.93. The van der Waals surface area contributed by atoms with Crippen LogP contribution in [0.3, 0.4) is 0 Å². The number of nitrogens with zero attached hydrogens (tertiary/aromatic N) is 2. The first kappa shape index (κ1) is 12.3. The maximum atomic E-state index is 11.8. The summed E-state index contributed by atoms with van der Waals surface area (Å²) in [5.74, 6) is -0.103. The smallest absolute Gasteiger partial charge is 0.246 e. The first-order valence-corrected chi connectivity index (χ1v) is 5.84. The topological polar surface area (TPSA) is 64.3 Å². The third-order valence-electron chi connectivity index (χ3n) is 2.91. The number of likely N-dealkylation sites (tertiary alicyclic amines) is 1. The highest BCUT2D eigenvalue weighted by Crippen LogP contribution is 2.11. The van der Waals surface area contributed by atoms with Crippen molar-refractivity contribution in [2.75, 3.05) is 13.1 Å². The van der Waals surface area contributed by atoms with Crippen molar-refractivity contribution in [1.29, 1.82) is 5.26 Å². The minimum atomic E-state index is -0.399. The summed E-state index contributed by atoms with van der Waals surface area (Å²) >= 11 is 0. The van der Waals surface area contributed by atoms with Crippen LogP contribution >= 0.6 is 0 Å². The number of carbonyl (C=O) groups excluding carboxylic acids is 1. The Labute approximate surface area is 106 Å². The summed E-state index contributed by atoms with van der Waals surface area (Å²) in [7, 11) is 0. The van der Waals surface area contributed by atoms with Gasteiger partial charge >= 0.3 is 0 Å². The van der Waals surface area contributed by atoms with Gasteiger partial charge in [0.25, 0.3) is 0 Å². The van der Waals surface area contributed by atoms with Gasteiger partial charge in [0.1, 0.15) is 0 Å². The zero-order valence-electron chi connectivity index (χ0n) is 9.91. The summed E-state index contributed by atoms with van der Waals surface area (Å²) in [5, 5.41) is 18.1. The van der Waals surface area contributed by atoms with E-state index in [4.69, 9.17) is 5.26 Å². The van der Waals surface area contributed by atoms with Gasteiger partial charge in [0, 0.05) is 19.2 Å². The van der Waals surface area contributed by atoms with E-state index >= 15 is 0 Å². The third-order valence-corrected chi connectivity index (χ3v) is 2.91. The molecular formula is C14H14N2O2. The predicted molar refractivity (Wildman–Crippen MR) is 67.4 cm³/mol. The molecule has 0 aliphatic carbocycles. The van der Waals surface area contributed by atoms with E-state index in [1.165, 1.54) is 6.08 Å². The SMILES string of the molecule is N#Cc1cccc(/C=C/C(=O)N2CC[C@H](O)C2)c1. The molecule has 1 heterocycles. The Morgan fingerprint density at radius 2 is 2.39 bits per heavy atom. The first-order valence-electron chi connectivity index (χ1n) is 5.84. The minimum absolute atomic E-state index is 0.103. The molecule has 1 aliphatic rings. The van der Waals surface area contributed by atoms with E-state index in [9.17, 15) is 9.90 Å². The lowest BCUT2D eigenvalue weighted by molar-refractivity contribution is -0.125. The maximum absolute atomic E-state index is 11.8. The number of aliphatic hydroxyl groups excluding tert-OH is 1. The van der Waals surface area contributed by atoms with Crippen LogP contribution in [0, 0.1) is 11.3 Å². The van der Waals surface area contributed by atoms with Crippen molar-refractivity contribution in [2.45, 2.75) is 12.5 Å². The fraction of sp³-hybridized carbons (Fsp3) is 0.286. The van der Waals surface area contributed by atoms with Gasteiger partial charge in [-0.1, -0.05) is 12.1 Å². The molecule has 4 heteroatoms. The molecule has 1 atom stereocenters. The Balaban J connectivity index is 2.02. The Morgan fingerprint density at radius 3 is 3.06 bits per heavy atom. The molecule has 1 aromatic carbocycles. The van der Waals surface area contributed by atoms with Gasteiger partial charge in [-0.25, -0.2) is 0 Å². The quantitative estimate of drug-likeness (QED) is 0.792. The van der Waals surface area contributed by atoms with Crippen LogP contribution in [-0.2, 0) is 4.79 Å². The van der Waals surface area contributed by atoms with Gasteiger partial charge in [-0.15, -0.1) is 0 Å². The second kappa shape index (κ2) is 5.48. The van der Waals surface area contributed by atoms with Crippen LogP contribution in [0.5, 0.6) is 0 Å². The summed E-state index contributed by atoms with van der Waals surface area (Å²) in [6.45, 7) is 1.00. The van der Waals surface area contributed by atoms with Crippen molar-refractivity contribution in [2.24, 2.45) is 0 Å². The number of aliphatic hydroxyl groups is 1. The number of benzene rings is 1. The molecule has 0 radical (unpaired) electrons. The van der Waals surface area contributed by atoms with Gasteiger partial charge in [-0.2, -0.15) is 5.26 Å². The molecule has 1 N–H and O–H groups in total. The minimum Gasteiger partial charge on any atom is -0.391 e. The largest absolute Gasteiger partial charge is 0.391 e. The van der Waals surface area contributed by atoms with E-state index in [-0.39, 0.29) is 5.91 Å². The fourth-order valence-corrected chi connectivity index (χ4v) is 1.93. The summed E-state index contributed by atoms with van der Waals surface area (Å²) in [5.41, 5.74) is 1.39. The number of rotatable bonds is 2. The molecule has 0 unspecified atom stereocenters. The zero-order valence-corrected chi connectivity index (χ0v) is 9.91. The number of hydrogen-bond donors (Lipinski definition) is 1. The predicted octanol–water partition coefficient (Wildman–Crippen LogP) is 1.16. The second-order valence-electron chi connectivity index (χ2n) is 4.30. The first-order chi connectivity index (χ1) is 8.69. The molecule has 1 saturated heterocycles. The summed E-state index contributed by atoms with van der Waals surface area (Å²) in [4.78, 5) is 13.4. The van der Waals surface area contributed by atoms with E-state index < -0.39 is 6.10 Å². The van der Waals surface area contributed by atoms with Crippen molar-refractivity contribution >= 4 is 12.0 Å². The van der Waals surface area contributed by atoms with Crippen molar-refractivity contribution in [3.05, 3.63) is 41.5 Å². The van der Waals surface area contributed by atoms with Gasteiger partial charge in [0.2, 0.25) is 5.91 Å².